The molecule has 1 amide bonds. The van der Waals surface area contributed by atoms with E-state index >= 15 is 0 Å². The van der Waals surface area contributed by atoms with Gasteiger partial charge in [0.25, 0.3) is 0 Å². The quantitative estimate of drug-likeness (QED) is 0.251. The first-order valence-electron chi connectivity index (χ1n) is 10.0. The molecule has 1 aromatic rings. The summed E-state index contributed by atoms with van der Waals surface area (Å²) in [6.07, 6.45) is -0.327. The van der Waals surface area contributed by atoms with E-state index in [0.29, 0.717) is 24.8 Å². The number of benzene rings is 1. The molecule has 0 heterocycles. The van der Waals surface area contributed by atoms with Crippen LogP contribution in [0.3, 0.4) is 0 Å². The van der Waals surface area contributed by atoms with Gasteiger partial charge in [0.15, 0.2) is 0 Å². The molecule has 0 saturated heterocycles. The first-order chi connectivity index (χ1) is 14.4. The zero-order chi connectivity index (χ0) is 23.4. The second-order valence-corrected chi connectivity index (χ2v) is 8.02. The van der Waals surface area contributed by atoms with Crippen LogP contribution in [-0.2, 0) is 9.53 Å². The number of nitrogens with one attached hydrogen (secondary N) is 1. The Morgan fingerprint density at radius 1 is 1.26 bits per heavy atom. The Kier molecular flexibility index (Phi) is 10.8. The fourth-order valence-electron chi connectivity index (χ4n) is 2.45. The van der Waals surface area contributed by atoms with Crippen molar-refractivity contribution in [1.82, 2.24) is 5.32 Å². The predicted octanol–water partition coefficient (Wildman–Crippen LogP) is 2.76. The van der Waals surface area contributed by atoms with Crippen LogP contribution < -0.4 is 15.8 Å². The van der Waals surface area contributed by atoms with E-state index < -0.39 is 35.8 Å². The lowest BCUT2D eigenvalue weighted by atomic mass is 10.1. The highest BCUT2D eigenvalue weighted by Crippen LogP contribution is 2.17. The molecule has 0 aliphatic rings. The van der Waals surface area contributed by atoms with E-state index in [1.54, 1.807) is 26.8 Å². The van der Waals surface area contributed by atoms with Crippen LogP contribution in [0.5, 0.6) is 5.75 Å². The number of carbonyl (C=O) groups is 2. The van der Waals surface area contributed by atoms with E-state index in [1.165, 1.54) is 12.1 Å². The van der Waals surface area contributed by atoms with E-state index in [-0.39, 0.29) is 25.2 Å². The number of halogens is 1. The minimum Gasteiger partial charge on any atom is -0.491 e. The Hall–Kier alpha value is -2.83. The fourth-order valence-corrected chi connectivity index (χ4v) is 2.45. The number of carbonyl (C=O) groups excluding carboxylic acids is 1. The van der Waals surface area contributed by atoms with Gasteiger partial charge in [0, 0.05) is 24.5 Å². The largest absolute Gasteiger partial charge is 0.491 e. The normalized spacial score (nSPS) is 12.8. The zero-order valence-corrected chi connectivity index (χ0v) is 18.1. The van der Waals surface area contributed by atoms with Crippen LogP contribution in [0, 0.1) is 17.7 Å². The van der Waals surface area contributed by atoms with Gasteiger partial charge in [-0.15, -0.1) is 0 Å². The van der Waals surface area contributed by atoms with E-state index in [2.05, 4.69) is 17.2 Å². The molecule has 0 aliphatic carbocycles. The standard InChI is InChI=1S/C22H31FN2O6/c1-22(2,3)31-21(29)25-17(9-10-19(24)26)14-30-18-12-15(11-16(23)13-18)7-5-4-6-8-20(27)28/h11-13,17,19,26H,4,6,8-10,14,24H2,1-3H3,(H,25,29)(H,27,28)/t17-,19?/m0/s1. The molecule has 0 fully saturated rings. The third kappa shape index (κ3) is 13.2. The molecule has 1 rings (SSSR count). The monoisotopic (exact) mass is 438 g/mol. The Balaban J connectivity index is 2.75. The number of carboxylic acid groups (broad SMARTS) is 1. The Morgan fingerprint density at radius 2 is 1.97 bits per heavy atom. The summed E-state index contributed by atoms with van der Waals surface area (Å²) in [5.41, 5.74) is 5.09. The van der Waals surface area contributed by atoms with Gasteiger partial charge in [-0.1, -0.05) is 11.8 Å². The highest BCUT2D eigenvalue weighted by molar-refractivity contribution is 5.68. The van der Waals surface area contributed by atoms with Crippen LogP contribution in [0.1, 0.15) is 58.4 Å². The number of aliphatic carboxylic acids is 1. The number of alkyl carbamates (subject to hydrolysis) is 1. The summed E-state index contributed by atoms with van der Waals surface area (Å²) < 4.78 is 24.8. The van der Waals surface area contributed by atoms with E-state index in [0.717, 1.165) is 0 Å². The van der Waals surface area contributed by atoms with Crippen molar-refractivity contribution in [2.45, 2.75) is 70.7 Å². The number of unbranched alkanes of at least 4 members (excludes halogenated alkanes) is 1. The molecule has 31 heavy (non-hydrogen) atoms. The van der Waals surface area contributed by atoms with Crippen LogP contribution in [0.25, 0.3) is 0 Å². The van der Waals surface area contributed by atoms with E-state index in [9.17, 15) is 19.1 Å². The molecule has 0 radical (unpaired) electrons. The number of amides is 1. The summed E-state index contributed by atoms with van der Waals surface area (Å²) in [4.78, 5) is 22.5. The highest BCUT2D eigenvalue weighted by Gasteiger charge is 2.20. The molecule has 0 bridgehead atoms. The lowest BCUT2D eigenvalue weighted by Crippen LogP contribution is -2.42. The number of aliphatic hydroxyl groups excluding tert-OH is 1. The summed E-state index contributed by atoms with van der Waals surface area (Å²) in [6.45, 7) is 5.21. The van der Waals surface area contributed by atoms with Crippen molar-refractivity contribution in [2.24, 2.45) is 5.73 Å². The number of nitrogens with two attached hydrogens (primary N) is 1. The van der Waals surface area contributed by atoms with Crippen LogP contribution in [0.15, 0.2) is 18.2 Å². The zero-order valence-electron chi connectivity index (χ0n) is 18.1. The van der Waals surface area contributed by atoms with Gasteiger partial charge in [-0.25, -0.2) is 9.18 Å². The molecule has 1 unspecified atom stereocenters. The van der Waals surface area contributed by atoms with Gasteiger partial charge in [-0.05, 0) is 52.2 Å². The van der Waals surface area contributed by atoms with Crippen molar-refractivity contribution in [1.29, 1.82) is 0 Å². The molecule has 8 nitrogen and oxygen atoms in total. The van der Waals surface area contributed by atoms with Crippen LogP contribution >= 0.6 is 0 Å². The topological polar surface area (TPSA) is 131 Å². The smallest absolute Gasteiger partial charge is 0.407 e. The number of ether oxygens (including phenoxy) is 2. The summed E-state index contributed by atoms with van der Waals surface area (Å²) in [5, 5.41) is 20.6. The molecule has 9 heteroatoms. The average Bonchev–Trinajstić information content (AvgIpc) is 2.61. The lowest BCUT2D eigenvalue weighted by molar-refractivity contribution is -0.137. The Morgan fingerprint density at radius 3 is 2.58 bits per heavy atom. The second-order valence-electron chi connectivity index (χ2n) is 8.02. The van der Waals surface area contributed by atoms with Crippen molar-refractivity contribution >= 4 is 12.1 Å². The number of aliphatic hydroxyl groups is 1. The molecule has 0 spiro atoms. The second kappa shape index (κ2) is 12.8. The van der Waals surface area contributed by atoms with E-state index in [1.807, 2.05) is 0 Å². The SMILES string of the molecule is CC(C)(C)OC(=O)N[C@@H](CCC(N)O)COc1cc(F)cc(C#CCCCC(=O)O)c1. The Labute approximate surface area is 181 Å². The van der Waals surface area contributed by atoms with Crippen molar-refractivity contribution in [2.75, 3.05) is 6.61 Å². The molecule has 0 saturated carbocycles. The van der Waals surface area contributed by atoms with Crippen LogP contribution in [0.2, 0.25) is 0 Å². The van der Waals surface area contributed by atoms with Crippen molar-refractivity contribution < 1.29 is 33.7 Å². The first-order valence-corrected chi connectivity index (χ1v) is 10.0. The summed E-state index contributed by atoms with van der Waals surface area (Å²) >= 11 is 0. The Bertz CT molecular complexity index is 795. The van der Waals surface area contributed by atoms with Crippen molar-refractivity contribution in [3.63, 3.8) is 0 Å². The number of hydrogen-bond acceptors (Lipinski definition) is 6. The van der Waals surface area contributed by atoms with Crippen molar-refractivity contribution in [3.05, 3.63) is 29.6 Å². The maximum Gasteiger partial charge on any atom is 0.407 e. The van der Waals surface area contributed by atoms with Gasteiger partial charge in [-0.2, -0.15) is 0 Å². The van der Waals surface area contributed by atoms with Gasteiger partial charge in [0.1, 0.15) is 30.0 Å². The molecule has 172 valence electrons. The van der Waals surface area contributed by atoms with Gasteiger partial charge >= 0.3 is 12.1 Å². The predicted molar refractivity (Wildman–Crippen MR) is 113 cm³/mol. The minimum atomic E-state index is -1.04. The van der Waals surface area contributed by atoms with Crippen molar-refractivity contribution in [3.8, 4) is 17.6 Å². The molecule has 5 N–H and O–H groups in total. The van der Waals surface area contributed by atoms with Gasteiger partial charge in [0.05, 0.1) is 6.04 Å². The van der Waals surface area contributed by atoms with Gasteiger partial charge in [-0.3, -0.25) is 4.79 Å². The lowest BCUT2D eigenvalue weighted by Gasteiger charge is -2.24. The molecule has 0 aromatic heterocycles. The number of rotatable bonds is 10. The van der Waals surface area contributed by atoms with E-state index in [4.69, 9.17) is 20.3 Å². The summed E-state index contributed by atoms with van der Waals surface area (Å²) in [5.74, 6) is 4.38. The molecule has 2 atom stereocenters. The third-order valence-corrected chi connectivity index (χ3v) is 3.78. The maximum atomic E-state index is 13.9. The fraction of sp³-hybridized carbons (Fsp3) is 0.545. The van der Waals surface area contributed by atoms with Gasteiger partial charge < -0.3 is 30.7 Å². The molecular formula is C22H31FN2O6. The van der Waals surface area contributed by atoms with Crippen LogP contribution in [0.4, 0.5) is 9.18 Å². The summed E-state index contributed by atoms with van der Waals surface area (Å²) in [7, 11) is 0. The average molecular weight is 438 g/mol. The molecular weight excluding hydrogens is 407 g/mol. The minimum absolute atomic E-state index is 0.000889. The highest BCUT2D eigenvalue weighted by atomic mass is 19.1. The van der Waals surface area contributed by atoms with Gasteiger partial charge in [0.2, 0.25) is 0 Å². The molecule has 0 aliphatic heterocycles. The maximum absolute atomic E-state index is 13.9. The van der Waals surface area contributed by atoms with Crippen LogP contribution in [-0.4, -0.2) is 46.8 Å². The number of hydrogen-bond donors (Lipinski definition) is 4. The summed E-state index contributed by atoms with van der Waals surface area (Å²) in [6, 6.07) is 3.47. The molecule has 1 aromatic carbocycles. The third-order valence-electron chi connectivity index (χ3n) is 3.78. The first kappa shape index (κ1) is 26.2. The number of carboxylic acids is 1.